The predicted molar refractivity (Wildman–Crippen MR) is 68.9 cm³/mol. The van der Waals surface area contributed by atoms with Crippen LogP contribution in [-0.2, 0) is 9.53 Å². The average molecular weight is 321 g/mol. The maximum Gasteiger partial charge on any atom is 0.573 e. The maximum absolute atomic E-state index is 12.1. The predicted octanol–water partition coefficient (Wildman–Crippen LogP) is 2.75. The fraction of sp³-hybridized carbons (Fsp3) is 0.462. The molecule has 0 radical (unpaired) electrons. The molecule has 0 aliphatic heterocycles. The number of carbonyl (C=O) groups is 1. The van der Waals surface area contributed by atoms with Crippen molar-refractivity contribution in [2.75, 3.05) is 13.7 Å². The molecule has 1 rings (SSSR count). The fourth-order valence-electron chi connectivity index (χ4n) is 1.98. The van der Waals surface area contributed by atoms with Crippen LogP contribution >= 0.6 is 0 Å². The first kappa shape index (κ1) is 17.7. The second-order valence-corrected chi connectivity index (χ2v) is 4.55. The molecule has 2 unspecified atom stereocenters. The molecule has 1 aromatic rings. The van der Waals surface area contributed by atoms with E-state index in [9.17, 15) is 28.1 Å². The minimum absolute atomic E-state index is 0.351. The van der Waals surface area contributed by atoms with Crippen LogP contribution in [0.2, 0.25) is 0 Å². The van der Waals surface area contributed by atoms with Crippen molar-refractivity contribution < 1.29 is 32.4 Å². The Morgan fingerprint density at radius 3 is 2.27 bits per heavy atom. The van der Waals surface area contributed by atoms with Crippen LogP contribution in [0.4, 0.5) is 13.2 Å². The minimum Gasteiger partial charge on any atom is -0.469 e. The summed E-state index contributed by atoms with van der Waals surface area (Å²) < 4.78 is 44.5. The first-order valence-corrected chi connectivity index (χ1v) is 6.19. The van der Waals surface area contributed by atoms with E-state index in [0.717, 1.165) is 19.2 Å². The monoisotopic (exact) mass is 321 g/mol. The SMILES string of the molecule is COC(=O)C(C)C(C[N+](=O)[O-])c1ccc(OC(F)(F)F)cc1. The van der Waals surface area contributed by atoms with Crippen LogP contribution in [0.3, 0.4) is 0 Å². The quantitative estimate of drug-likeness (QED) is 0.457. The topological polar surface area (TPSA) is 78.7 Å². The van der Waals surface area contributed by atoms with Crippen molar-refractivity contribution in [3.63, 3.8) is 0 Å². The fourth-order valence-corrected chi connectivity index (χ4v) is 1.98. The Balaban J connectivity index is 3.00. The van der Waals surface area contributed by atoms with Gasteiger partial charge in [0.1, 0.15) is 5.75 Å². The minimum atomic E-state index is -4.82. The van der Waals surface area contributed by atoms with Crippen LogP contribution in [0.15, 0.2) is 24.3 Å². The molecular weight excluding hydrogens is 307 g/mol. The van der Waals surface area contributed by atoms with Crippen molar-refractivity contribution in [1.82, 2.24) is 0 Å². The lowest BCUT2D eigenvalue weighted by molar-refractivity contribution is -0.484. The largest absolute Gasteiger partial charge is 0.573 e. The number of hydrogen-bond donors (Lipinski definition) is 0. The number of nitro groups is 1. The van der Waals surface area contributed by atoms with E-state index in [2.05, 4.69) is 9.47 Å². The molecule has 0 aliphatic rings. The Morgan fingerprint density at radius 2 is 1.86 bits per heavy atom. The normalized spacial score (nSPS) is 14.0. The Bertz CT molecular complexity index is 529. The molecule has 0 bridgehead atoms. The summed E-state index contributed by atoms with van der Waals surface area (Å²) in [4.78, 5) is 21.7. The zero-order chi connectivity index (χ0) is 16.9. The summed E-state index contributed by atoms with van der Waals surface area (Å²) in [6.07, 6.45) is -4.82. The first-order chi connectivity index (χ1) is 10.1. The molecule has 0 heterocycles. The van der Waals surface area contributed by atoms with Gasteiger partial charge in [-0.2, -0.15) is 0 Å². The van der Waals surface area contributed by atoms with Crippen molar-refractivity contribution in [2.45, 2.75) is 19.2 Å². The van der Waals surface area contributed by atoms with E-state index >= 15 is 0 Å². The summed E-state index contributed by atoms with van der Waals surface area (Å²) in [7, 11) is 1.16. The third-order valence-electron chi connectivity index (χ3n) is 3.06. The number of rotatable bonds is 6. The molecular formula is C13H14F3NO5. The standard InChI is InChI=1S/C13H14F3NO5/c1-8(12(18)21-2)11(7-17(19)20)9-3-5-10(6-4-9)22-13(14,15)16/h3-6,8,11H,7H2,1-2H3. The summed E-state index contributed by atoms with van der Waals surface area (Å²) in [6.45, 7) is 0.913. The van der Waals surface area contributed by atoms with E-state index in [1.54, 1.807) is 0 Å². The van der Waals surface area contributed by atoms with E-state index in [1.165, 1.54) is 19.1 Å². The number of nitrogens with zero attached hydrogens (tertiary/aromatic N) is 1. The number of alkyl halides is 3. The van der Waals surface area contributed by atoms with Gasteiger partial charge >= 0.3 is 12.3 Å². The second kappa shape index (κ2) is 7.10. The van der Waals surface area contributed by atoms with Crippen molar-refractivity contribution in [3.8, 4) is 5.75 Å². The van der Waals surface area contributed by atoms with Gasteiger partial charge in [-0.1, -0.05) is 19.1 Å². The molecule has 0 amide bonds. The Labute approximate surface area is 124 Å². The molecule has 0 aromatic heterocycles. The lowest BCUT2D eigenvalue weighted by atomic mass is 9.87. The van der Waals surface area contributed by atoms with Gasteiger partial charge in [0.05, 0.1) is 18.9 Å². The highest BCUT2D eigenvalue weighted by Gasteiger charge is 2.32. The highest BCUT2D eigenvalue weighted by atomic mass is 19.4. The Morgan fingerprint density at radius 1 is 1.32 bits per heavy atom. The molecule has 0 spiro atoms. The molecule has 0 aliphatic carbocycles. The summed E-state index contributed by atoms with van der Waals surface area (Å²) in [6, 6.07) is 4.60. The van der Waals surface area contributed by atoms with Gasteiger partial charge in [0.25, 0.3) is 0 Å². The summed E-state index contributed by atoms with van der Waals surface area (Å²) >= 11 is 0. The smallest absolute Gasteiger partial charge is 0.469 e. The number of hydrogen-bond acceptors (Lipinski definition) is 5. The average Bonchev–Trinajstić information content (AvgIpc) is 2.42. The van der Waals surface area contributed by atoms with Crippen molar-refractivity contribution in [1.29, 1.82) is 0 Å². The van der Waals surface area contributed by atoms with Crippen LogP contribution in [0.5, 0.6) is 5.75 Å². The zero-order valence-electron chi connectivity index (χ0n) is 11.8. The molecule has 2 atom stereocenters. The third kappa shape index (κ3) is 5.23. The van der Waals surface area contributed by atoms with Crippen molar-refractivity contribution >= 4 is 5.97 Å². The van der Waals surface area contributed by atoms with Crippen LogP contribution in [0, 0.1) is 16.0 Å². The Kier molecular flexibility index (Phi) is 5.72. The summed E-state index contributed by atoms with van der Waals surface area (Å²) in [5.74, 6) is -2.71. The van der Waals surface area contributed by atoms with Crippen LogP contribution in [-0.4, -0.2) is 30.9 Å². The number of methoxy groups -OCH3 is 1. The molecule has 0 N–H and O–H groups in total. The highest BCUT2D eigenvalue weighted by Crippen LogP contribution is 2.29. The maximum atomic E-state index is 12.1. The summed E-state index contributed by atoms with van der Waals surface area (Å²) in [5, 5.41) is 10.7. The molecule has 0 fully saturated rings. The number of carbonyl (C=O) groups excluding carboxylic acids is 1. The van der Waals surface area contributed by atoms with Gasteiger partial charge in [0.2, 0.25) is 6.54 Å². The van der Waals surface area contributed by atoms with Gasteiger partial charge < -0.3 is 9.47 Å². The molecule has 6 nitrogen and oxygen atoms in total. The van der Waals surface area contributed by atoms with E-state index in [-0.39, 0.29) is 0 Å². The van der Waals surface area contributed by atoms with Crippen molar-refractivity contribution in [3.05, 3.63) is 39.9 Å². The molecule has 9 heteroatoms. The van der Waals surface area contributed by atoms with Gasteiger partial charge in [0.15, 0.2) is 0 Å². The highest BCUT2D eigenvalue weighted by molar-refractivity contribution is 5.73. The van der Waals surface area contributed by atoms with Crippen molar-refractivity contribution in [2.24, 2.45) is 5.92 Å². The van der Waals surface area contributed by atoms with Gasteiger partial charge in [-0.3, -0.25) is 14.9 Å². The molecule has 1 aromatic carbocycles. The van der Waals surface area contributed by atoms with Crippen LogP contribution in [0.1, 0.15) is 18.4 Å². The van der Waals surface area contributed by atoms with E-state index < -0.39 is 41.4 Å². The molecule has 122 valence electrons. The third-order valence-corrected chi connectivity index (χ3v) is 3.06. The number of ether oxygens (including phenoxy) is 2. The van der Waals surface area contributed by atoms with Gasteiger partial charge in [-0.05, 0) is 17.7 Å². The lowest BCUT2D eigenvalue weighted by Gasteiger charge is -2.19. The van der Waals surface area contributed by atoms with Gasteiger partial charge in [-0.25, -0.2) is 0 Å². The number of benzene rings is 1. The second-order valence-electron chi connectivity index (χ2n) is 4.55. The van der Waals surface area contributed by atoms with E-state index in [1.807, 2.05) is 0 Å². The van der Waals surface area contributed by atoms with Crippen LogP contribution < -0.4 is 4.74 Å². The van der Waals surface area contributed by atoms with E-state index in [0.29, 0.717) is 5.56 Å². The zero-order valence-corrected chi connectivity index (χ0v) is 11.8. The molecule has 0 saturated carbocycles. The molecule has 22 heavy (non-hydrogen) atoms. The first-order valence-electron chi connectivity index (χ1n) is 6.19. The van der Waals surface area contributed by atoms with Crippen LogP contribution in [0.25, 0.3) is 0 Å². The Hall–Kier alpha value is -2.32. The summed E-state index contributed by atoms with van der Waals surface area (Å²) in [5.41, 5.74) is 0.351. The lowest BCUT2D eigenvalue weighted by Crippen LogP contribution is -2.26. The molecule has 0 saturated heterocycles. The number of esters is 1. The van der Waals surface area contributed by atoms with Gasteiger partial charge in [-0.15, -0.1) is 13.2 Å². The number of halogens is 3. The van der Waals surface area contributed by atoms with Gasteiger partial charge in [0, 0.05) is 4.92 Å². The van der Waals surface area contributed by atoms with E-state index in [4.69, 9.17) is 0 Å².